The molecule has 0 aromatic heterocycles. The van der Waals surface area contributed by atoms with Gasteiger partial charge in [0, 0.05) is 5.92 Å². The topological polar surface area (TPSA) is 59.6 Å². The molecule has 1 saturated heterocycles. The number of rotatable bonds is 6. The Morgan fingerprint density at radius 3 is 2.04 bits per heavy atom. The highest BCUT2D eigenvalue weighted by molar-refractivity contribution is 5.79. The monoisotopic (exact) mass is 354 g/mol. The molecule has 2 N–H and O–H groups in total. The van der Waals surface area contributed by atoms with E-state index >= 15 is 0 Å². The van der Waals surface area contributed by atoms with Crippen molar-refractivity contribution in [1.29, 1.82) is 0 Å². The van der Waals surface area contributed by atoms with Crippen molar-refractivity contribution in [3.8, 4) is 11.5 Å². The van der Waals surface area contributed by atoms with Crippen LogP contribution in [0.5, 0.6) is 11.5 Å². The maximum atomic E-state index is 12.9. The summed E-state index contributed by atoms with van der Waals surface area (Å²) in [7, 11) is 3.29. The highest BCUT2D eigenvalue weighted by Crippen LogP contribution is 2.28. The molecule has 0 radical (unpaired) electrons. The molecule has 138 valence electrons. The number of methoxy groups -OCH3 is 2. The summed E-state index contributed by atoms with van der Waals surface area (Å²) in [5, 5.41) is 6.55. The Bertz CT molecular complexity index is 694. The third kappa shape index (κ3) is 4.35. The van der Waals surface area contributed by atoms with Crippen molar-refractivity contribution in [2.45, 2.75) is 18.9 Å². The molecule has 0 aliphatic carbocycles. The first-order chi connectivity index (χ1) is 12.7. The van der Waals surface area contributed by atoms with Crippen LogP contribution in [0.2, 0.25) is 0 Å². The fourth-order valence-corrected chi connectivity index (χ4v) is 3.35. The summed E-state index contributed by atoms with van der Waals surface area (Å²) in [6.07, 6.45) is 1.74. The lowest BCUT2D eigenvalue weighted by atomic mass is 9.94. The van der Waals surface area contributed by atoms with Gasteiger partial charge in [0.05, 0.1) is 20.3 Å². The van der Waals surface area contributed by atoms with E-state index in [2.05, 4.69) is 10.6 Å². The van der Waals surface area contributed by atoms with E-state index < -0.39 is 0 Å². The zero-order valence-electron chi connectivity index (χ0n) is 15.3. The van der Waals surface area contributed by atoms with Crippen LogP contribution in [0, 0.1) is 5.92 Å². The van der Waals surface area contributed by atoms with Crippen molar-refractivity contribution in [1.82, 2.24) is 10.6 Å². The largest absolute Gasteiger partial charge is 0.497 e. The van der Waals surface area contributed by atoms with E-state index in [9.17, 15) is 4.79 Å². The van der Waals surface area contributed by atoms with Crippen molar-refractivity contribution < 1.29 is 14.3 Å². The van der Waals surface area contributed by atoms with Gasteiger partial charge in [0.1, 0.15) is 11.5 Å². The first-order valence-corrected chi connectivity index (χ1v) is 9.00. The first-order valence-electron chi connectivity index (χ1n) is 9.00. The number of hydrogen-bond acceptors (Lipinski definition) is 4. The second-order valence-corrected chi connectivity index (χ2v) is 6.52. The number of hydrogen-bond donors (Lipinski definition) is 2. The summed E-state index contributed by atoms with van der Waals surface area (Å²) in [4.78, 5) is 12.9. The highest BCUT2D eigenvalue weighted by Gasteiger charge is 2.25. The van der Waals surface area contributed by atoms with Crippen molar-refractivity contribution >= 4 is 5.91 Å². The van der Waals surface area contributed by atoms with Crippen LogP contribution in [-0.2, 0) is 4.79 Å². The van der Waals surface area contributed by atoms with Crippen LogP contribution in [-0.4, -0.2) is 33.2 Å². The minimum Gasteiger partial charge on any atom is -0.497 e. The molecule has 0 atom stereocenters. The van der Waals surface area contributed by atoms with Gasteiger partial charge < -0.3 is 20.1 Å². The summed E-state index contributed by atoms with van der Waals surface area (Å²) in [6, 6.07) is 15.4. The van der Waals surface area contributed by atoms with Crippen molar-refractivity contribution in [2.75, 3.05) is 27.3 Å². The molecule has 1 aliphatic heterocycles. The summed E-state index contributed by atoms with van der Waals surface area (Å²) in [5.74, 6) is 1.69. The van der Waals surface area contributed by atoms with E-state index in [4.69, 9.17) is 9.47 Å². The van der Waals surface area contributed by atoms with Gasteiger partial charge >= 0.3 is 0 Å². The zero-order chi connectivity index (χ0) is 18.4. The number of carbonyl (C=O) groups is 1. The Hall–Kier alpha value is -2.53. The van der Waals surface area contributed by atoms with Gasteiger partial charge in [-0.15, -0.1) is 0 Å². The van der Waals surface area contributed by atoms with Crippen LogP contribution in [0.25, 0.3) is 0 Å². The number of nitrogens with one attached hydrogen (secondary N) is 2. The predicted octanol–water partition coefficient (Wildman–Crippen LogP) is 2.91. The van der Waals surface area contributed by atoms with Crippen LogP contribution in [0.15, 0.2) is 48.5 Å². The minimum absolute atomic E-state index is 0.0509. The number of carbonyl (C=O) groups excluding carboxylic acids is 1. The molecule has 0 spiro atoms. The molecule has 1 aliphatic rings. The second-order valence-electron chi connectivity index (χ2n) is 6.52. The average Bonchev–Trinajstić information content (AvgIpc) is 2.72. The van der Waals surface area contributed by atoms with Gasteiger partial charge in [-0.2, -0.15) is 0 Å². The lowest BCUT2D eigenvalue weighted by Crippen LogP contribution is -2.40. The molecule has 0 bridgehead atoms. The smallest absolute Gasteiger partial charge is 0.223 e. The van der Waals surface area contributed by atoms with Gasteiger partial charge in [-0.3, -0.25) is 4.79 Å². The highest BCUT2D eigenvalue weighted by atomic mass is 16.5. The van der Waals surface area contributed by atoms with Crippen molar-refractivity contribution in [2.24, 2.45) is 5.92 Å². The Morgan fingerprint density at radius 1 is 1.00 bits per heavy atom. The van der Waals surface area contributed by atoms with E-state index in [1.165, 1.54) is 0 Å². The van der Waals surface area contributed by atoms with Crippen molar-refractivity contribution in [3.63, 3.8) is 0 Å². The van der Waals surface area contributed by atoms with Gasteiger partial charge in [0.25, 0.3) is 0 Å². The molecular formula is C21H26N2O3. The summed E-state index contributed by atoms with van der Waals surface area (Å²) in [6.45, 7) is 1.78. The van der Waals surface area contributed by atoms with Gasteiger partial charge in [-0.25, -0.2) is 0 Å². The lowest BCUT2D eigenvalue weighted by molar-refractivity contribution is -0.126. The van der Waals surface area contributed by atoms with Crippen LogP contribution in [0.1, 0.15) is 30.0 Å². The van der Waals surface area contributed by atoms with Crippen LogP contribution in [0.3, 0.4) is 0 Å². The Labute approximate surface area is 154 Å². The third-order valence-electron chi connectivity index (χ3n) is 4.85. The Kier molecular flexibility index (Phi) is 6.12. The first kappa shape index (κ1) is 18.3. The van der Waals surface area contributed by atoms with Crippen LogP contribution < -0.4 is 20.1 Å². The van der Waals surface area contributed by atoms with Gasteiger partial charge in [-0.1, -0.05) is 24.3 Å². The fourth-order valence-electron chi connectivity index (χ4n) is 3.35. The standard InChI is InChI=1S/C21H26N2O3/c1-25-18-7-3-5-16(13-18)20(17-6-4-8-19(14-17)26-2)23-21(24)15-9-11-22-12-10-15/h3-8,13-15,20,22H,9-12H2,1-2H3,(H,23,24). The van der Waals surface area contributed by atoms with E-state index in [-0.39, 0.29) is 17.9 Å². The van der Waals surface area contributed by atoms with Crippen molar-refractivity contribution in [3.05, 3.63) is 59.7 Å². The number of piperidine rings is 1. The van der Waals surface area contributed by atoms with E-state index in [1.807, 2.05) is 48.5 Å². The van der Waals surface area contributed by atoms with Gasteiger partial charge in [0.15, 0.2) is 0 Å². The molecule has 1 heterocycles. The molecule has 3 rings (SSSR count). The molecule has 5 nitrogen and oxygen atoms in total. The van der Waals surface area contributed by atoms with Gasteiger partial charge in [-0.05, 0) is 61.3 Å². The van der Waals surface area contributed by atoms with Crippen LogP contribution in [0.4, 0.5) is 0 Å². The third-order valence-corrected chi connectivity index (χ3v) is 4.85. The Balaban J connectivity index is 1.90. The Morgan fingerprint density at radius 2 is 1.54 bits per heavy atom. The van der Waals surface area contributed by atoms with Crippen LogP contribution >= 0.6 is 0 Å². The van der Waals surface area contributed by atoms with E-state index in [1.54, 1.807) is 14.2 Å². The zero-order valence-corrected chi connectivity index (χ0v) is 15.3. The molecule has 5 heteroatoms. The number of ether oxygens (including phenoxy) is 2. The normalized spacial score (nSPS) is 14.9. The van der Waals surface area contributed by atoms with E-state index in [0.29, 0.717) is 0 Å². The maximum Gasteiger partial charge on any atom is 0.223 e. The van der Waals surface area contributed by atoms with Gasteiger partial charge in [0.2, 0.25) is 5.91 Å². The maximum absolute atomic E-state index is 12.9. The molecule has 26 heavy (non-hydrogen) atoms. The second kappa shape index (κ2) is 8.72. The number of amides is 1. The average molecular weight is 354 g/mol. The number of benzene rings is 2. The predicted molar refractivity (Wildman–Crippen MR) is 102 cm³/mol. The summed E-state index contributed by atoms with van der Waals surface area (Å²) in [5.41, 5.74) is 1.97. The molecule has 0 saturated carbocycles. The quantitative estimate of drug-likeness (QED) is 0.837. The lowest BCUT2D eigenvalue weighted by Gasteiger charge is -2.26. The summed E-state index contributed by atoms with van der Waals surface area (Å²) >= 11 is 0. The molecule has 1 fully saturated rings. The minimum atomic E-state index is -0.248. The SMILES string of the molecule is COc1cccc(C(NC(=O)C2CCNCC2)c2cccc(OC)c2)c1. The molecule has 1 amide bonds. The van der Waals surface area contributed by atoms with E-state index in [0.717, 1.165) is 48.6 Å². The molecule has 0 unspecified atom stereocenters. The summed E-state index contributed by atoms with van der Waals surface area (Å²) < 4.78 is 10.7. The molecular weight excluding hydrogens is 328 g/mol. The fraction of sp³-hybridized carbons (Fsp3) is 0.381. The molecule has 2 aromatic carbocycles. The molecule has 2 aromatic rings.